The summed E-state index contributed by atoms with van der Waals surface area (Å²) in [6.07, 6.45) is 3.50. The minimum atomic E-state index is -1.99. The van der Waals surface area contributed by atoms with Crippen molar-refractivity contribution >= 4 is 23.3 Å². The summed E-state index contributed by atoms with van der Waals surface area (Å²) >= 11 is 0. The maximum atomic E-state index is 14.3. The number of hydrogen-bond donors (Lipinski definition) is 3. The van der Waals surface area contributed by atoms with Gasteiger partial charge in [0.2, 0.25) is 0 Å². The molecule has 0 amide bonds. The molecule has 8 nitrogen and oxygen atoms in total. The SMILES string of the molecule is CC(=O)OC(C)(C)C=CC(=O)[C@](C)(O)C1[C@H](O)C[C@@]2(C)C3CC=C4C(CC(=O)C(O)C4(C)C)[C@]3(C)C(=O)C[C@]12C. The van der Waals surface area contributed by atoms with Gasteiger partial charge >= 0.3 is 5.97 Å². The average molecular weight is 559 g/mol. The first-order valence-corrected chi connectivity index (χ1v) is 14.4. The summed E-state index contributed by atoms with van der Waals surface area (Å²) in [4.78, 5) is 52.1. The predicted octanol–water partition coefficient (Wildman–Crippen LogP) is 3.50. The molecular weight excluding hydrogens is 512 g/mol. The van der Waals surface area contributed by atoms with Gasteiger partial charge in [-0.1, -0.05) is 46.3 Å². The predicted molar refractivity (Wildman–Crippen MR) is 148 cm³/mol. The Labute approximate surface area is 237 Å². The van der Waals surface area contributed by atoms with E-state index in [2.05, 4.69) is 13.0 Å². The van der Waals surface area contributed by atoms with E-state index in [1.165, 1.54) is 26.0 Å². The van der Waals surface area contributed by atoms with E-state index in [0.29, 0.717) is 12.8 Å². The third-order valence-corrected chi connectivity index (χ3v) is 11.6. The first kappa shape index (κ1) is 30.8. The van der Waals surface area contributed by atoms with E-state index in [0.717, 1.165) is 5.57 Å². The summed E-state index contributed by atoms with van der Waals surface area (Å²) in [5.41, 5.74) is -5.33. The Kier molecular flexibility index (Phi) is 7.06. The van der Waals surface area contributed by atoms with Crippen LogP contribution in [0.2, 0.25) is 0 Å². The van der Waals surface area contributed by atoms with Crippen LogP contribution < -0.4 is 0 Å². The van der Waals surface area contributed by atoms with E-state index in [4.69, 9.17) is 4.74 Å². The Bertz CT molecular complexity index is 1210. The molecule has 4 aliphatic rings. The number of hydrogen-bond acceptors (Lipinski definition) is 8. The summed E-state index contributed by atoms with van der Waals surface area (Å²) in [7, 11) is 0. The molecule has 0 aromatic rings. The molecule has 0 saturated heterocycles. The van der Waals surface area contributed by atoms with Gasteiger partial charge in [-0.25, -0.2) is 0 Å². The largest absolute Gasteiger partial charge is 0.456 e. The number of carbonyl (C=O) groups is 4. The molecule has 0 spiro atoms. The van der Waals surface area contributed by atoms with Crippen molar-refractivity contribution in [1.29, 1.82) is 0 Å². The van der Waals surface area contributed by atoms with Crippen molar-refractivity contribution in [2.24, 2.45) is 39.4 Å². The molecule has 3 N–H and O–H groups in total. The van der Waals surface area contributed by atoms with Crippen LogP contribution >= 0.6 is 0 Å². The number of rotatable bonds is 5. The highest BCUT2D eigenvalue weighted by atomic mass is 16.6. The number of fused-ring (bicyclic) bond motifs is 5. The normalized spacial score (nSPS) is 42.4. The fraction of sp³-hybridized carbons (Fsp3) is 0.750. The molecule has 4 rings (SSSR count). The van der Waals surface area contributed by atoms with Crippen molar-refractivity contribution in [3.8, 4) is 0 Å². The Morgan fingerprint density at radius 3 is 2.23 bits per heavy atom. The summed E-state index contributed by atoms with van der Waals surface area (Å²) in [5.74, 6) is -2.96. The van der Waals surface area contributed by atoms with Crippen molar-refractivity contribution < 1.29 is 39.2 Å². The van der Waals surface area contributed by atoms with E-state index in [9.17, 15) is 34.5 Å². The molecule has 0 aromatic carbocycles. The molecule has 3 saturated carbocycles. The average Bonchev–Trinajstić information content (AvgIpc) is 3.01. The lowest BCUT2D eigenvalue weighted by atomic mass is 9.38. The van der Waals surface area contributed by atoms with Crippen LogP contribution in [0.1, 0.15) is 88.0 Å². The first-order chi connectivity index (χ1) is 18.1. The summed E-state index contributed by atoms with van der Waals surface area (Å²) in [5, 5.41) is 33.9. The maximum Gasteiger partial charge on any atom is 0.303 e. The molecule has 40 heavy (non-hydrogen) atoms. The van der Waals surface area contributed by atoms with Crippen molar-refractivity contribution in [3.05, 3.63) is 23.8 Å². The van der Waals surface area contributed by atoms with Gasteiger partial charge in [0.15, 0.2) is 11.6 Å². The topological polar surface area (TPSA) is 138 Å². The van der Waals surface area contributed by atoms with Crippen LogP contribution in [0.5, 0.6) is 0 Å². The third kappa shape index (κ3) is 4.11. The molecule has 3 fully saturated rings. The number of aliphatic hydroxyl groups excluding tert-OH is 2. The zero-order valence-corrected chi connectivity index (χ0v) is 25.3. The number of allylic oxidation sites excluding steroid dienone is 1. The van der Waals surface area contributed by atoms with Crippen LogP contribution in [0.15, 0.2) is 23.8 Å². The van der Waals surface area contributed by atoms with Gasteiger partial charge in [-0.3, -0.25) is 19.2 Å². The first-order valence-electron chi connectivity index (χ1n) is 14.4. The van der Waals surface area contributed by atoms with Crippen LogP contribution in [0.3, 0.4) is 0 Å². The molecule has 0 aromatic heterocycles. The van der Waals surface area contributed by atoms with Crippen LogP contribution in [0.25, 0.3) is 0 Å². The zero-order chi connectivity index (χ0) is 30.4. The fourth-order valence-corrected chi connectivity index (χ4v) is 9.35. The minimum absolute atomic E-state index is 0.0399. The maximum absolute atomic E-state index is 14.3. The fourth-order valence-electron chi connectivity index (χ4n) is 9.35. The Balaban J connectivity index is 1.75. The Morgan fingerprint density at radius 1 is 1.05 bits per heavy atom. The van der Waals surface area contributed by atoms with E-state index in [1.807, 2.05) is 27.7 Å². The standard InChI is InChI=1S/C32H46O8/c1-17(33)40-27(2,3)13-12-23(36)32(9,39)25-21(35)15-29(6)22-11-10-18-19(14-20(34)26(38)28(18,4)5)31(22,8)24(37)16-30(25,29)7/h10,12-13,19,21-22,25-26,35,38-39H,11,14-16H2,1-9H3/t19?,21-,22?,25?,26?,29+,30-,31+,32+/m1/s1. The van der Waals surface area contributed by atoms with Gasteiger partial charge in [0.1, 0.15) is 23.1 Å². The highest BCUT2D eigenvalue weighted by Crippen LogP contribution is 2.74. The molecule has 9 atom stereocenters. The number of esters is 1. The third-order valence-electron chi connectivity index (χ3n) is 11.6. The number of aliphatic hydroxyl groups is 3. The van der Waals surface area contributed by atoms with Gasteiger partial charge in [0, 0.05) is 36.5 Å². The second-order valence-corrected chi connectivity index (χ2v) is 14.8. The second-order valence-electron chi connectivity index (χ2n) is 14.8. The van der Waals surface area contributed by atoms with Crippen molar-refractivity contribution in [1.82, 2.24) is 0 Å². The lowest BCUT2D eigenvalue weighted by Crippen LogP contribution is -2.65. The number of ether oxygens (including phenoxy) is 1. The molecular formula is C32H46O8. The number of ketones is 3. The van der Waals surface area contributed by atoms with Gasteiger partial charge in [-0.05, 0) is 68.4 Å². The van der Waals surface area contributed by atoms with Crippen LogP contribution in [-0.4, -0.2) is 62.0 Å². The van der Waals surface area contributed by atoms with Crippen LogP contribution in [0.4, 0.5) is 0 Å². The molecule has 8 heteroatoms. The van der Waals surface area contributed by atoms with Crippen LogP contribution in [-0.2, 0) is 23.9 Å². The molecule has 222 valence electrons. The van der Waals surface area contributed by atoms with Gasteiger partial charge < -0.3 is 20.1 Å². The highest BCUT2D eigenvalue weighted by Gasteiger charge is 2.74. The second kappa shape index (κ2) is 9.17. The highest BCUT2D eigenvalue weighted by molar-refractivity contribution is 5.97. The lowest BCUT2D eigenvalue weighted by Gasteiger charge is -2.64. The summed E-state index contributed by atoms with van der Waals surface area (Å²) in [6, 6.07) is 0. The summed E-state index contributed by atoms with van der Waals surface area (Å²) < 4.78 is 5.23. The molecule has 4 aliphatic carbocycles. The van der Waals surface area contributed by atoms with E-state index >= 15 is 0 Å². The van der Waals surface area contributed by atoms with Crippen molar-refractivity contribution in [2.75, 3.05) is 0 Å². The van der Waals surface area contributed by atoms with Gasteiger partial charge in [0.05, 0.1) is 6.10 Å². The molecule has 0 heterocycles. The summed E-state index contributed by atoms with van der Waals surface area (Å²) in [6.45, 7) is 15.5. The number of Topliss-reactive ketones (excluding diaryl/α,β-unsaturated/α-hetero) is 2. The molecule has 0 bridgehead atoms. The lowest BCUT2D eigenvalue weighted by molar-refractivity contribution is -0.183. The minimum Gasteiger partial charge on any atom is -0.456 e. The van der Waals surface area contributed by atoms with E-state index in [1.54, 1.807) is 13.8 Å². The monoisotopic (exact) mass is 558 g/mol. The Hall–Kier alpha value is -2.16. The van der Waals surface area contributed by atoms with Crippen molar-refractivity contribution in [2.45, 2.75) is 111 Å². The van der Waals surface area contributed by atoms with E-state index < -0.39 is 62.7 Å². The van der Waals surface area contributed by atoms with Crippen LogP contribution in [0, 0.1) is 39.4 Å². The van der Waals surface area contributed by atoms with Gasteiger partial charge in [-0.15, -0.1) is 0 Å². The molecule has 0 aliphatic heterocycles. The van der Waals surface area contributed by atoms with Gasteiger partial charge in [0.25, 0.3) is 0 Å². The molecule has 4 unspecified atom stereocenters. The Morgan fingerprint density at radius 2 is 1.65 bits per heavy atom. The zero-order valence-electron chi connectivity index (χ0n) is 25.3. The number of carbonyl (C=O) groups excluding carboxylic acids is 4. The van der Waals surface area contributed by atoms with Gasteiger partial charge in [-0.2, -0.15) is 0 Å². The smallest absolute Gasteiger partial charge is 0.303 e. The molecule has 0 radical (unpaired) electrons. The van der Waals surface area contributed by atoms with Crippen molar-refractivity contribution in [3.63, 3.8) is 0 Å². The quantitative estimate of drug-likeness (QED) is 0.265. The van der Waals surface area contributed by atoms with E-state index in [-0.39, 0.29) is 36.2 Å².